The second-order valence-electron chi connectivity index (χ2n) is 14.4. The number of unbranched alkanes of at least 4 members (excludes halogenated alkanes) is 16. The van der Waals surface area contributed by atoms with Gasteiger partial charge in [-0.1, -0.05) is 165 Å². The van der Waals surface area contributed by atoms with Crippen LogP contribution in [-0.4, -0.2) is 11.4 Å². The molecule has 0 aromatic heterocycles. The summed E-state index contributed by atoms with van der Waals surface area (Å²) in [5, 5.41) is 0. The van der Waals surface area contributed by atoms with Gasteiger partial charge in [0, 0.05) is 0 Å². The smallest absolute Gasteiger partial charge is 0.0665 e. The highest BCUT2D eigenvalue weighted by atomic mass is 14.8. The molecule has 50 heavy (non-hydrogen) atoms. The Hall–Kier alpha value is -2.74. The lowest BCUT2D eigenvalue weighted by Gasteiger charge is -2.14. The van der Waals surface area contributed by atoms with Gasteiger partial charge in [0.1, 0.15) is 0 Å². The first-order chi connectivity index (χ1) is 24.7. The van der Waals surface area contributed by atoms with Crippen molar-refractivity contribution >= 4 is 22.8 Å². The minimum Gasteiger partial charge on any atom is -0.251 e. The zero-order chi connectivity index (χ0) is 35.7. The Morgan fingerprint density at radius 3 is 1.20 bits per heavy atom. The molecule has 0 atom stereocenters. The van der Waals surface area contributed by atoms with Crippen LogP contribution in [-0.2, 0) is 12.8 Å². The van der Waals surface area contributed by atoms with Crippen LogP contribution in [0.5, 0.6) is 0 Å². The fourth-order valence-corrected chi connectivity index (χ4v) is 6.57. The van der Waals surface area contributed by atoms with Gasteiger partial charge in [0.05, 0.1) is 22.8 Å². The number of aryl methyl sites for hydroxylation is 2. The molecule has 0 spiro atoms. The predicted octanol–water partition coefficient (Wildman–Crippen LogP) is 16.2. The van der Waals surface area contributed by atoms with E-state index in [9.17, 15) is 0 Å². The van der Waals surface area contributed by atoms with Crippen LogP contribution in [0.1, 0.15) is 193 Å². The van der Waals surface area contributed by atoms with Crippen LogP contribution in [0.25, 0.3) is 0 Å². The van der Waals surface area contributed by atoms with Crippen molar-refractivity contribution in [3.05, 3.63) is 84.0 Å². The van der Waals surface area contributed by atoms with E-state index >= 15 is 0 Å². The van der Waals surface area contributed by atoms with Gasteiger partial charge in [0.15, 0.2) is 0 Å². The Kier molecular flexibility index (Phi) is 27.0. The number of nitrogens with zero attached hydrogens (tertiary/aromatic N) is 2. The molecule has 0 heterocycles. The Morgan fingerprint density at radius 1 is 0.400 bits per heavy atom. The Morgan fingerprint density at radius 2 is 0.760 bits per heavy atom. The number of hydrogen-bond donors (Lipinski definition) is 0. The zero-order valence-corrected chi connectivity index (χ0v) is 33.2. The molecule has 0 unspecified atom stereocenters. The van der Waals surface area contributed by atoms with Gasteiger partial charge in [-0.2, -0.15) is 0 Å². The Labute approximate surface area is 310 Å². The summed E-state index contributed by atoms with van der Waals surface area (Å²) >= 11 is 0. The summed E-state index contributed by atoms with van der Waals surface area (Å²) in [6.07, 6.45) is 41.7. The monoisotopic (exact) mass is 681 g/mol. The van der Waals surface area contributed by atoms with E-state index < -0.39 is 0 Å². The molecule has 0 N–H and O–H groups in total. The van der Waals surface area contributed by atoms with Crippen molar-refractivity contribution in [1.82, 2.24) is 0 Å². The third-order valence-electron chi connectivity index (χ3n) is 9.78. The maximum absolute atomic E-state index is 5.49. The van der Waals surface area contributed by atoms with Crippen LogP contribution in [0.15, 0.2) is 82.8 Å². The molecule has 0 radical (unpaired) electrons. The SMILES string of the molecule is CCCCCCCC=CCCCc1ccccc1N=C(CCCC)C(CCCCCC)=Nc1ccccc1CCCC=CCCCCCCC. The highest BCUT2D eigenvalue weighted by molar-refractivity contribution is 6.43. The fraction of sp³-hybridized carbons (Fsp3) is 0.625. The standard InChI is InChI=1S/C48H76N2/c1-5-9-13-16-18-20-22-24-26-28-35-43-37-31-33-40-45(43)49-47(39-12-8-4)48(42-30-15-11-7-3)50-46-41-34-32-38-44(46)36-29-27-25-23-21-19-17-14-10-6-2/h22-25,31-34,37-38,40-41H,5-21,26-30,35-36,39,42H2,1-4H3. The van der Waals surface area contributed by atoms with E-state index in [-0.39, 0.29) is 0 Å². The summed E-state index contributed by atoms with van der Waals surface area (Å²) < 4.78 is 0. The van der Waals surface area contributed by atoms with Crippen molar-refractivity contribution in [3.8, 4) is 0 Å². The number of para-hydroxylation sites is 2. The van der Waals surface area contributed by atoms with Gasteiger partial charge in [-0.25, -0.2) is 0 Å². The summed E-state index contributed by atoms with van der Waals surface area (Å²) in [4.78, 5) is 11.0. The van der Waals surface area contributed by atoms with Crippen molar-refractivity contribution in [1.29, 1.82) is 0 Å². The molecular formula is C48H76N2. The lowest BCUT2D eigenvalue weighted by Crippen LogP contribution is -2.15. The molecule has 0 aliphatic rings. The highest BCUT2D eigenvalue weighted by Crippen LogP contribution is 2.26. The molecule has 0 aliphatic carbocycles. The first-order valence-corrected chi connectivity index (χ1v) is 21.3. The highest BCUT2D eigenvalue weighted by Gasteiger charge is 2.13. The molecule has 2 nitrogen and oxygen atoms in total. The summed E-state index contributed by atoms with van der Waals surface area (Å²) in [5.74, 6) is 0. The van der Waals surface area contributed by atoms with Gasteiger partial charge in [-0.05, 0) is 113 Å². The second kappa shape index (κ2) is 31.0. The van der Waals surface area contributed by atoms with Gasteiger partial charge in [-0.15, -0.1) is 0 Å². The lowest BCUT2D eigenvalue weighted by molar-refractivity contribution is 0.637. The van der Waals surface area contributed by atoms with E-state index in [1.807, 2.05) is 0 Å². The molecule has 0 aliphatic heterocycles. The second-order valence-corrected chi connectivity index (χ2v) is 14.4. The minimum absolute atomic E-state index is 0.990. The number of hydrogen-bond acceptors (Lipinski definition) is 2. The van der Waals surface area contributed by atoms with Crippen molar-refractivity contribution in [2.45, 2.75) is 195 Å². The summed E-state index contributed by atoms with van der Waals surface area (Å²) in [6.45, 7) is 9.16. The molecule has 2 heteroatoms. The molecule has 0 saturated heterocycles. The molecule has 0 bridgehead atoms. The molecule has 0 amide bonds. The van der Waals surface area contributed by atoms with Crippen molar-refractivity contribution < 1.29 is 0 Å². The topological polar surface area (TPSA) is 24.7 Å². The summed E-state index contributed by atoms with van der Waals surface area (Å²) in [7, 11) is 0. The molecule has 2 rings (SSSR count). The molecule has 0 saturated carbocycles. The van der Waals surface area contributed by atoms with Crippen LogP contribution in [0.4, 0.5) is 11.4 Å². The maximum Gasteiger partial charge on any atom is 0.0665 e. The summed E-state index contributed by atoms with van der Waals surface area (Å²) in [5.41, 5.74) is 7.44. The van der Waals surface area contributed by atoms with E-state index in [1.165, 1.54) is 138 Å². The van der Waals surface area contributed by atoms with E-state index in [4.69, 9.17) is 9.98 Å². The Balaban J connectivity index is 2.18. The quantitative estimate of drug-likeness (QED) is 0.0430. The number of allylic oxidation sites excluding steroid dienone is 4. The number of aliphatic imine (C=N–C) groups is 2. The van der Waals surface area contributed by atoms with E-state index in [1.54, 1.807) is 0 Å². The normalized spacial score (nSPS) is 12.6. The predicted molar refractivity (Wildman–Crippen MR) is 226 cm³/mol. The summed E-state index contributed by atoms with van der Waals surface area (Å²) in [6, 6.07) is 17.7. The van der Waals surface area contributed by atoms with Crippen LogP contribution < -0.4 is 0 Å². The number of rotatable bonds is 31. The molecule has 0 fully saturated rings. The maximum atomic E-state index is 5.49. The zero-order valence-electron chi connectivity index (χ0n) is 33.2. The van der Waals surface area contributed by atoms with E-state index in [0.717, 1.165) is 62.7 Å². The average molecular weight is 681 g/mol. The third-order valence-corrected chi connectivity index (χ3v) is 9.78. The van der Waals surface area contributed by atoms with Crippen LogP contribution in [0.3, 0.4) is 0 Å². The van der Waals surface area contributed by atoms with Crippen molar-refractivity contribution in [2.24, 2.45) is 9.98 Å². The van der Waals surface area contributed by atoms with Gasteiger partial charge >= 0.3 is 0 Å². The van der Waals surface area contributed by atoms with Crippen molar-refractivity contribution in [3.63, 3.8) is 0 Å². The minimum atomic E-state index is 0.990. The van der Waals surface area contributed by atoms with Crippen molar-refractivity contribution in [2.75, 3.05) is 0 Å². The lowest BCUT2D eigenvalue weighted by atomic mass is 10.0. The van der Waals surface area contributed by atoms with Crippen LogP contribution >= 0.6 is 0 Å². The van der Waals surface area contributed by atoms with Gasteiger partial charge in [0.2, 0.25) is 0 Å². The molecule has 2 aromatic rings. The molecule has 2 aromatic carbocycles. The molecule has 278 valence electrons. The Bertz CT molecular complexity index is 1220. The third kappa shape index (κ3) is 20.8. The number of benzene rings is 2. The fourth-order valence-electron chi connectivity index (χ4n) is 6.57. The van der Waals surface area contributed by atoms with E-state index in [2.05, 4.69) is 101 Å². The largest absolute Gasteiger partial charge is 0.251 e. The van der Waals surface area contributed by atoms with Crippen LogP contribution in [0.2, 0.25) is 0 Å². The first kappa shape index (κ1) is 43.4. The first-order valence-electron chi connectivity index (χ1n) is 21.3. The van der Waals surface area contributed by atoms with Crippen LogP contribution in [0, 0.1) is 0 Å². The average Bonchev–Trinajstić information content (AvgIpc) is 3.14. The van der Waals surface area contributed by atoms with Gasteiger partial charge in [0.25, 0.3) is 0 Å². The van der Waals surface area contributed by atoms with Gasteiger partial charge < -0.3 is 0 Å². The molecular weight excluding hydrogens is 605 g/mol. The van der Waals surface area contributed by atoms with E-state index in [0.29, 0.717) is 0 Å². The van der Waals surface area contributed by atoms with Gasteiger partial charge in [-0.3, -0.25) is 9.98 Å².